The number of hydrogen-bond acceptors (Lipinski definition) is 2. The van der Waals surface area contributed by atoms with Crippen molar-refractivity contribution in [1.82, 2.24) is 9.55 Å². The van der Waals surface area contributed by atoms with Crippen LogP contribution >= 0.6 is 0 Å². The van der Waals surface area contributed by atoms with Crippen LogP contribution in [0.2, 0.25) is 0 Å². The van der Waals surface area contributed by atoms with Gasteiger partial charge in [-0.1, -0.05) is 32.0 Å². The molecule has 1 aromatic heterocycles. The summed E-state index contributed by atoms with van der Waals surface area (Å²) in [6, 6.07) is 8.63. The predicted molar refractivity (Wildman–Crippen MR) is 100 cm³/mol. The van der Waals surface area contributed by atoms with E-state index in [1.807, 2.05) is 27.7 Å². The second-order valence-electron chi connectivity index (χ2n) is 8.07. The highest BCUT2D eigenvalue weighted by atomic mass is 19.4. The van der Waals surface area contributed by atoms with Crippen molar-refractivity contribution in [3.63, 3.8) is 0 Å². The molecule has 0 unspecified atom stereocenters. The van der Waals surface area contributed by atoms with Gasteiger partial charge in [-0.3, -0.25) is 9.56 Å². The van der Waals surface area contributed by atoms with E-state index in [9.17, 15) is 17.6 Å². The number of nitrogens with zero attached hydrogens (tertiary/aromatic N) is 3. The van der Waals surface area contributed by atoms with E-state index in [0.29, 0.717) is 17.0 Å². The Morgan fingerprint density at radius 1 is 0.964 bits per heavy atom. The van der Waals surface area contributed by atoms with Crippen LogP contribution in [0, 0.1) is 5.82 Å². The number of rotatable bonds is 0. The van der Waals surface area contributed by atoms with Crippen LogP contribution in [-0.4, -0.2) is 20.9 Å². The number of halogens is 4. The van der Waals surface area contributed by atoms with Gasteiger partial charge in [-0.15, -0.1) is 0 Å². The van der Waals surface area contributed by atoms with Gasteiger partial charge in [-0.2, -0.15) is 13.2 Å². The van der Waals surface area contributed by atoms with Gasteiger partial charge in [-0.05, 0) is 32.0 Å². The van der Waals surface area contributed by atoms with E-state index < -0.39 is 22.7 Å². The number of imidazole rings is 1. The fourth-order valence-electron chi connectivity index (χ4n) is 3.74. The van der Waals surface area contributed by atoms with Crippen LogP contribution in [0.1, 0.15) is 44.4 Å². The van der Waals surface area contributed by atoms with Gasteiger partial charge < -0.3 is 0 Å². The van der Waals surface area contributed by atoms with E-state index in [-0.39, 0.29) is 16.9 Å². The van der Waals surface area contributed by atoms with Crippen molar-refractivity contribution in [2.75, 3.05) is 0 Å². The molecule has 0 saturated carbocycles. The number of aliphatic imine (C=N–C) groups is 1. The van der Waals surface area contributed by atoms with Crippen LogP contribution < -0.4 is 0 Å². The SMILES string of the molecule is CC1(C)N=C(n2cnc3c(C(F)(F)F)cccc32)c2cccc(F)c2C1(C)C. The number of alkyl halides is 3. The zero-order valence-corrected chi connectivity index (χ0v) is 15.9. The van der Waals surface area contributed by atoms with Crippen molar-refractivity contribution < 1.29 is 17.6 Å². The third kappa shape index (κ3) is 2.48. The van der Waals surface area contributed by atoms with Crippen LogP contribution in [0.5, 0.6) is 0 Å². The molecule has 2 heterocycles. The van der Waals surface area contributed by atoms with E-state index >= 15 is 0 Å². The molecule has 28 heavy (non-hydrogen) atoms. The van der Waals surface area contributed by atoms with Gasteiger partial charge in [0.25, 0.3) is 0 Å². The molecule has 2 aromatic carbocycles. The summed E-state index contributed by atoms with van der Waals surface area (Å²) in [7, 11) is 0. The van der Waals surface area contributed by atoms with Crippen LogP contribution in [0.15, 0.2) is 47.7 Å². The molecule has 1 aliphatic rings. The Morgan fingerprint density at radius 2 is 1.64 bits per heavy atom. The Bertz CT molecular complexity index is 1120. The first-order valence-electron chi connectivity index (χ1n) is 8.88. The molecular weight excluding hydrogens is 370 g/mol. The second kappa shape index (κ2) is 5.65. The molecule has 0 bridgehead atoms. The van der Waals surface area contributed by atoms with E-state index in [4.69, 9.17) is 4.99 Å². The third-order valence-corrected chi connectivity index (χ3v) is 5.90. The molecule has 0 saturated heterocycles. The molecule has 3 aromatic rings. The largest absolute Gasteiger partial charge is 0.418 e. The van der Waals surface area contributed by atoms with Crippen LogP contribution in [-0.2, 0) is 11.6 Å². The fourth-order valence-corrected chi connectivity index (χ4v) is 3.74. The molecular formula is C21H19F4N3. The number of para-hydroxylation sites is 1. The summed E-state index contributed by atoms with van der Waals surface area (Å²) in [5.74, 6) is 0.0315. The van der Waals surface area contributed by atoms with E-state index in [1.54, 1.807) is 18.2 Å². The van der Waals surface area contributed by atoms with Gasteiger partial charge in [0, 0.05) is 16.5 Å². The molecule has 0 radical (unpaired) electrons. The van der Waals surface area contributed by atoms with Gasteiger partial charge in [0.2, 0.25) is 0 Å². The van der Waals surface area contributed by atoms with Crippen molar-refractivity contribution in [3.05, 3.63) is 65.2 Å². The topological polar surface area (TPSA) is 30.2 Å². The summed E-state index contributed by atoms with van der Waals surface area (Å²) in [5.41, 5.74) is -0.919. The monoisotopic (exact) mass is 389 g/mol. The number of fused-ring (bicyclic) bond motifs is 2. The smallest absolute Gasteiger partial charge is 0.283 e. The molecule has 0 aliphatic carbocycles. The van der Waals surface area contributed by atoms with Crippen molar-refractivity contribution in [2.45, 2.75) is 44.8 Å². The second-order valence-corrected chi connectivity index (χ2v) is 8.07. The van der Waals surface area contributed by atoms with Gasteiger partial charge in [-0.25, -0.2) is 9.37 Å². The molecule has 0 spiro atoms. The van der Waals surface area contributed by atoms with Crippen LogP contribution in [0.25, 0.3) is 11.0 Å². The van der Waals surface area contributed by atoms with Crippen molar-refractivity contribution in [1.29, 1.82) is 0 Å². The minimum Gasteiger partial charge on any atom is -0.283 e. The van der Waals surface area contributed by atoms with Gasteiger partial charge >= 0.3 is 6.18 Å². The summed E-state index contributed by atoms with van der Waals surface area (Å²) >= 11 is 0. The molecule has 0 amide bonds. The van der Waals surface area contributed by atoms with Crippen LogP contribution in [0.4, 0.5) is 17.6 Å². The first-order chi connectivity index (χ1) is 12.9. The molecule has 0 atom stereocenters. The zero-order valence-electron chi connectivity index (χ0n) is 15.9. The standard InChI is InChI=1S/C21H19F4N3/c1-19(2)16-12(7-5-9-14(16)22)18(27-20(19,3)4)28-11-26-17-13(21(23,24)25)8-6-10-15(17)28/h5-11H,1-4H3. The Hall–Kier alpha value is -2.70. The Labute approximate surface area is 159 Å². The first-order valence-corrected chi connectivity index (χ1v) is 8.88. The third-order valence-electron chi connectivity index (χ3n) is 5.90. The Kier molecular flexibility index (Phi) is 3.77. The lowest BCUT2D eigenvalue weighted by Crippen LogP contribution is -2.47. The highest BCUT2D eigenvalue weighted by molar-refractivity contribution is 6.07. The van der Waals surface area contributed by atoms with E-state index in [1.165, 1.54) is 23.0 Å². The van der Waals surface area contributed by atoms with E-state index in [0.717, 1.165) is 6.07 Å². The maximum atomic E-state index is 14.8. The average molecular weight is 389 g/mol. The van der Waals surface area contributed by atoms with Gasteiger partial charge in [0.05, 0.1) is 16.6 Å². The Balaban J connectivity index is 2.04. The molecule has 4 rings (SSSR count). The zero-order chi connectivity index (χ0) is 20.5. The average Bonchev–Trinajstić information content (AvgIpc) is 3.01. The van der Waals surface area contributed by atoms with E-state index in [2.05, 4.69) is 4.98 Å². The number of aromatic nitrogens is 2. The summed E-state index contributed by atoms with van der Waals surface area (Å²) in [4.78, 5) is 8.83. The molecule has 1 aliphatic heterocycles. The Morgan fingerprint density at radius 3 is 2.32 bits per heavy atom. The summed E-state index contributed by atoms with van der Waals surface area (Å²) in [5, 5.41) is 0. The van der Waals surface area contributed by atoms with Crippen molar-refractivity contribution in [3.8, 4) is 0 Å². The van der Waals surface area contributed by atoms with Crippen molar-refractivity contribution >= 4 is 16.9 Å². The molecule has 7 heteroatoms. The summed E-state index contributed by atoms with van der Waals surface area (Å²) in [6.45, 7) is 7.62. The normalized spacial score (nSPS) is 18.1. The minimum atomic E-state index is -4.52. The van der Waals surface area contributed by atoms with Crippen LogP contribution in [0.3, 0.4) is 0 Å². The van der Waals surface area contributed by atoms with Gasteiger partial charge in [0.15, 0.2) is 0 Å². The molecule has 0 fully saturated rings. The quantitative estimate of drug-likeness (QED) is 0.463. The first kappa shape index (κ1) is 18.7. The maximum absolute atomic E-state index is 14.8. The van der Waals surface area contributed by atoms with Gasteiger partial charge in [0.1, 0.15) is 23.5 Å². The summed E-state index contributed by atoms with van der Waals surface area (Å²) in [6.07, 6.45) is -3.19. The lowest BCUT2D eigenvalue weighted by molar-refractivity contribution is -0.136. The molecule has 0 N–H and O–H groups in total. The maximum Gasteiger partial charge on any atom is 0.418 e. The lowest BCUT2D eigenvalue weighted by Gasteiger charge is -2.44. The van der Waals surface area contributed by atoms with Crippen molar-refractivity contribution in [2.24, 2.45) is 4.99 Å². The summed E-state index contributed by atoms with van der Waals surface area (Å²) < 4.78 is 56.4. The predicted octanol–water partition coefficient (Wildman–Crippen LogP) is 5.56. The minimum absolute atomic E-state index is 0.154. The molecule has 146 valence electrons. The lowest BCUT2D eigenvalue weighted by atomic mass is 9.66. The molecule has 3 nitrogen and oxygen atoms in total. The fraction of sp³-hybridized carbons (Fsp3) is 0.333. The number of hydrogen-bond donors (Lipinski definition) is 0. The highest BCUT2D eigenvalue weighted by Crippen LogP contribution is 2.44. The highest BCUT2D eigenvalue weighted by Gasteiger charge is 2.46. The number of benzene rings is 2.